The lowest BCUT2D eigenvalue weighted by atomic mass is 9.98. The van der Waals surface area contributed by atoms with Crippen molar-refractivity contribution in [2.75, 3.05) is 26.2 Å². The van der Waals surface area contributed by atoms with Crippen molar-refractivity contribution in [2.45, 2.75) is 65.5 Å². The van der Waals surface area contributed by atoms with Gasteiger partial charge in [0.25, 0.3) is 0 Å². The maximum absolute atomic E-state index is 13.7. The predicted octanol–water partition coefficient (Wildman–Crippen LogP) is 4.19. The fourth-order valence-electron chi connectivity index (χ4n) is 3.67. The van der Waals surface area contributed by atoms with E-state index in [0.717, 1.165) is 51.3 Å². The normalized spacial score (nSPS) is 15.9. The zero-order valence-electron chi connectivity index (χ0n) is 19.2. The van der Waals surface area contributed by atoms with E-state index in [1.807, 2.05) is 18.7 Å². The van der Waals surface area contributed by atoms with Crippen LogP contribution in [0.2, 0.25) is 0 Å². The molecule has 8 heteroatoms. The summed E-state index contributed by atoms with van der Waals surface area (Å²) < 4.78 is 19.4. The van der Waals surface area contributed by atoms with Crippen LogP contribution >= 0.6 is 24.0 Å². The maximum atomic E-state index is 13.7. The first-order valence-electron chi connectivity index (χ1n) is 11.2. The molecule has 1 fully saturated rings. The number of hydrogen-bond donors (Lipinski definition) is 2. The van der Waals surface area contributed by atoms with Gasteiger partial charge in [0.1, 0.15) is 6.10 Å². The molecule has 0 aliphatic carbocycles. The molecule has 6 nitrogen and oxygen atoms in total. The van der Waals surface area contributed by atoms with Gasteiger partial charge in [-0.05, 0) is 51.7 Å². The highest BCUT2D eigenvalue weighted by Gasteiger charge is 2.26. The number of rotatable bonds is 9. The van der Waals surface area contributed by atoms with Crippen LogP contribution in [0.15, 0.2) is 29.3 Å². The molecule has 0 aromatic heterocycles. The van der Waals surface area contributed by atoms with E-state index in [2.05, 4.69) is 29.5 Å². The van der Waals surface area contributed by atoms with Crippen LogP contribution in [0.1, 0.15) is 53.4 Å². The molecule has 1 amide bonds. The molecule has 1 aromatic rings. The van der Waals surface area contributed by atoms with Crippen molar-refractivity contribution in [3.05, 3.63) is 30.1 Å². The van der Waals surface area contributed by atoms with E-state index < -0.39 is 0 Å². The number of para-hydroxylation sites is 1. The molecule has 0 radical (unpaired) electrons. The second-order valence-electron chi connectivity index (χ2n) is 7.84. The van der Waals surface area contributed by atoms with Crippen LogP contribution in [0.5, 0.6) is 5.75 Å². The van der Waals surface area contributed by atoms with Gasteiger partial charge in [-0.2, -0.15) is 0 Å². The molecule has 0 spiro atoms. The Morgan fingerprint density at radius 2 is 1.87 bits per heavy atom. The number of carbonyl (C=O) groups is 1. The summed E-state index contributed by atoms with van der Waals surface area (Å²) in [7, 11) is 0. The number of nitrogens with one attached hydrogen (secondary N) is 2. The van der Waals surface area contributed by atoms with Crippen LogP contribution in [-0.2, 0) is 4.79 Å². The van der Waals surface area contributed by atoms with Gasteiger partial charge in [0.2, 0.25) is 5.91 Å². The highest BCUT2D eigenvalue weighted by atomic mass is 127. The molecule has 1 unspecified atom stereocenters. The largest absolute Gasteiger partial charge is 0.486 e. The maximum Gasteiger partial charge on any atom is 0.225 e. The standard InChI is InChI=1S/C23H37FN4O2.HI/c1-5-18(6-2)22(29)28-14-12-19(13-15-28)27-23(25-7-3)26-16-17(4)30-21-11-9-8-10-20(21)24;/h8-11,17-19H,5-7,12-16H2,1-4H3,(H2,25,26,27);1H. The summed E-state index contributed by atoms with van der Waals surface area (Å²) in [5.74, 6) is 1.04. The Labute approximate surface area is 203 Å². The van der Waals surface area contributed by atoms with Gasteiger partial charge in [0.05, 0.1) is 6.54 Å². The van der Waals surface area contributed by atoms with E-state index in [1.165, 1.54) is 6.07 Å². The van der Waals surface area contributed by atoms with Crippen LogP contribution in [0.4, 0.5) is 4.39 Å². The lowest BCUT2D eigenvalue weighted by Crippen LogP contribution is -2.50. The molecule has 1 heterocycles. The molecule has 176 valence electrons. The summed E-state index contributed by atoms with van der Waals surface area (Å²) >= 11 is 0. The van der Waals surface area contributed by atoms with Crippen molar-refractivity contribution in [3.63, 3.8) is 0 Å². The van der Waals surface area contributed by atoms with Gasteiger partial charge in [0, 0.05) is 31.6 Å². The Bertz CT molecular complexity index is 692. The number of aliphatic imine (C=N–C) groups is 1. The average molecular weight is 548 g/mol. The topological polar surface area (TPSA) is 66.0 Å². The minimum Gasteiger partial charge on any atom is -0.486 e. The first-order valence-corrected chi connectivity index (χ1v) is 11.2. The Morgan fingerprint density at radius 1 is 1.23 bits per heavy atom. The Balaban J connectivity index is 0.00000480. The van der Waals surface area contributed by atoms with E-state index >= 15 is 0 Å². The Kier molecular flexibility index (Phi) is 12.8. The molecular formula is C23H38FIN4O2. The number of piperidine rings is 1. The number of ether oxygens (including phenoxy) is 1. The molecule has 1 aromatic carbocycles. The van der Waals surface area contributed by atoms with Crippen LogP contribution in [0, 0.1) is 11.7 Å². The second-order valence-corrected chi connectivity index (χ2v) is 7.84. The van der Waals surface area contributed by atoms with Gasteiger partial charge in [-0.15, -0.1) is 24.0 Å². The molecule has 31 heavy (non-hydrogen) atoms. The molecule has 2 rings (SSSR count). The third kappa shape index (κ3) is 8.82. The molecule has 1 saturated heterocycles. The molecule has 1 aliphatic rings. The van der Waals surface area contributed by atoms with Crippen molar-refractivity contribution in [1.82, 2.24) is 15.5 Å². The second kappa shape index (κ2) is 14.5. The molecule has 2 N–H and O–H groups in total. The Morgan fingerprint density at radius 3 is 2.45 bits per heavy atom. The van der Waals surface area contributed by atoms with Gasteiger partial charge in [-0.3, -0.25) is 4.79 Å². The monoisotopic (exact) mass is 548 g/mol. The van der Waals surface area contributed by atoms with Crippen molar-refractivity contribution in [3.8, 4) is 5.75 Å². The van der Waals surface area contributed by atoms with E-state index in [1.54, 1.807) is 18.2 Å². The minimum atomic E-state index is -0.368. The fourth-order valence-corrected chi connectivity index (χ4v) is 3.67. The van der Waals surface area contributed by atoms with Gasteiger partial charge < -0.3 is 20.3 Å². The highest BCUT2D eigenvalue weighted by molar-refractivity contribution is 14.0. The van der Waals surface area contributed by atoms with Crippen molar-refractivity contribution < 1.29 is 13.9 Å². The van der Waals surface area contributed by atoms with E-state index in [9.17, 15) is 9.18 Å². The number of benzene rings is 1. The zero-order chi connectivity index (χ0) is 21.9. The molecule has 1 atom stereocenters. The first kappa shape index (κ1) is 27.5. The summed E-state index contributed by atoms with van der Waals surface area (Å²) in [6.45, 7) is 10.8. The summed E-state index contributed by atoms with van der Waals surface area (Å²) in [5, 5.41) is 6.74. The first-order chi connectivity index (χ1) is 14.5. The SMILES string of the molecule is CCNC(=NCC(C)Oc1ccccc1F)NC1CCN(C(=O)C(CC)CC)CC1.I. The fraction of sp³-hybridized carbons (Fsp3) is 0.652. The van der Waals surface area contributed by atoms with E-state index in [4.69, 9.17) is 4.74 Å². The molecular weight excluding hydrogens is 510 g/mol. The molecule has 0 saturated carbocycles. The third-order valence-electron chi connectivity index (χ3n) is 5.50. The number of likely N-dealkylation sites (tertiary alicyclic amines) is 1. The zero-order valence-corrected chi connectivity index (χ0v) is 21.5. The smallest absolute Gasteiger partial charge is 0.225 e. The van der Waals surface area contributed by atoms with E-state index in [-0.39, 0.29) is 59.5 Å². The highest BCUT2D eigenvalue weighted by Crippen LogP contribution is 2.18. The van der Waals surface area contributed by atoms with Crippen LogP contribution in [0.25, 0.3) is 0 Å². The Hall–Kier alpha value is -1.58. The molecule has 1 aliphatic heterocycles. The quantitative estimate of drug-likeness (QED) is 0.276. The third-order valence-corrected chi connectivity index (χ3v) is 5.50. The number of amides is 1. The van der Waals surface area contributed by atoms with Gasteiger partial charge in [0.15, 0.2) is 17.5 Å². The summed E-state index contributed by atoms with van der Waals surface area (Å²) in [6.07, 6.45) is 3.35. The van der Waals surface area contributed by atoms with Crippen LogP contribution < -0.4 is 15.4 Å². The number of nitrogens with zero attached hydrogens (tertiary/aromatic N) is 2. The number of halogens is 2. The lowest BCUT2D eigenvalue weighted by molar-refractivity contribution is -0.136. The van der Waals surface area contributed by atoms with Crippen LogP contribution in [-0.4, -0.2) is 55.1 Å². The summed E-state index contributed by atoms with van der Waals surface area (Å²) in [4.78, 5) is 19.2. The number of guanidine groups is 1. The predicted molar refractivity (Wildman–Crippen MR) is 135 cm³/mol. The van der Waals surface area contributed by atoms with Crippen molar-refractivity contribution in [1.29, 1.82) is 0 Å². The average Bonchev–Trinajstić information content (AvgIpc) is 2.75. The van der Waals surface area contributed by atoms with Gasteiger partial charge in [-0.25, -0.2) is 9.38 Å². The molecule has 0 bridgehead atoms. The number of hydrogen-bond acceptors (Lipinski definition) is 3. The van der Waals surface area contributed by atoms with Gasteiger partial charge in [-0.1, -0.05) is 26.0 Å². The van der Waals surface area contributed by atoms with E-state index in [0.29, 0.717) is 6.54 Å². The summed E-state index contributed by atoms with van der Waals surface area (Å²) in [6, 6.07) is 6.67. The van der Waals surface area contributed by atoms with Crippen molar-refractivity contribution >= 4 is 35.8 Å². The number of carbonyl (C=O) groups excluding carboxylic acids is 1. The lowest BCUT2D eigenvalue weighted by Gasteiger charge is -2.35. The van der Waals surface area contributed by atoms with Crippen LogP contribution in [0.3, 0.4) is 0 Å². The minimum absolute atomic E-state index is 0. The van der Waals surface area contributed by atoms with Crippen molar-refractivity contribution in [2.24, 2.45) is 10.9 Å². The van der Waals surface area contributed by atoms with Gasteiger partial charge >= 0.3 is 0 Å². The summed E-state index contributed by atoms with van der Waals surface area (Å²) in [5.41, 5.74) is 0.